The van der Waals surface area contributed by atoms with Crippen LogP contribution in [-0.4, -0.2) is 40.0 Å². The van der Waals surface area contributed by atoms with E-state index in [0.29, 0.717) is 35.1 Å². The lowest BCUT2D eigenvalue weighted by atomic mass is 9.92. The lowest BCUT2D eigenvalue weighted by molar-refractivity contribution is -0.157. The van der Waals surface area contributed by atoms with Gasteiger partial charge < -0.3 is 25.8 Å². The molecule has 0 spiro atoms. The highest BCUT2D eigenvalue weighted by Crippen LogP contribution is 2.25. The van der Waals surface area contributed by atoms with Crippen LogP contribution < -0.4 is 10.6 Å². The molecule has 0 unspecified atom stereocenters. The van der Waals surface area contributed by atoms with E-state index in [4.69, 9.17) is 4.74 Å². The summed E-state index contributed by atoms with van der Waals surface area (Å²) in [5, 5.41) is 26.8. The maximum absolute atomic E-state index is 13.0. The van der Waals surface area contributed by atoms with Crippen LogP contribution in [0.5, 0.6) is 0 Å². The number of carbonyl (C=O) groups is 2. The van der Waals surface area contributed by atoms with Crippen molar-refractivity contribution in [3.05, 3.63) is 34.5 Å². The third-order valence-corrected chi connectivity index (χ3v) is 5.14. The first-order valence-corrected chi connectivity index (χ1v) is 11.7. The Morgan fingerprint density at radius 2 is 1.67 bits per heavy atom. The Balaban J connectivity index is 3.19. The van der Waals surface area contributed by atoms with Crippen LogP contribution in [0.15, 0.2) is 18.2 Å². The summed E-state index contributed by atoms with van der Waals surface area (Å²) in [5.74, 6) is -0.0925. The number of rotatable bonds is 11. The smallest absolute Gasteiger partial charge is 0.329 e. The van der Waals surface area contributed by atoms with E-state index >= 15 is 0 Å². The number of anilines is 1. The Bertz CT molecular complexity index is 777. The molecule has 8 heteroatoms. The normalized spacial score (nSPS) is 13.2. The van der Waals surface area contributed by atoms with Gasteiger partial charge >= 0.3 is 5.97 Å². The maximum Gasteiger partial charge on any atom is 0.329 e. The van der Waals surface area contributed by atoms with Crippen LogP contribution in [0.25, 0.3) is 0 Å². The van der Waals surface area contributed by atoms with E-state index in [2.05, 4.69) is 38.3 Å². The van der Waals surface area contributed by atoms with Crippen LogP contribution in [0.1, 0.15) is 84.7 Å². The number of nitrogens with one attached hydrogen (secondary N) is 2. The zero-order chi connectivity index (χ0) is 25.5. The molecule has 0 aromatic heterocycles. The van der Waals surface area contributed by atoms with E-state index in [9.17, 15) is 20.0 Å². The van der Waals surface area contributed by atoms with Gasteiger partial charge in [-0.25, -0.2) is 4.79 Å². The molecular formula is C25H42N3O5-. The van der Waals surface area contributed by atoms with Gasteiger partial charge in [0.1, 0.15) is 11.6 Å². The summed E-state index contributed by atoms with van der Waals surface area (Å²) < 4.78 is 5.48. The number of benzene rings is 1. The molecule has 0 saturated heterocycles. The van der Waals surface area contributed by atoms with Crippen molar-refractivity contribution in [2.24, 2.45) is 17.8 Å². The molecule has 188 valence electrons. The van der Waals surface area contributed by atoms with Crippen molar-refractivity contribution in [3.63, 3.8) is 0 Å². The van der Waals surface area contributed by atoms with Crippen LogP contribution in [0.4, 0.5) is 5.69 Å². The summed E-state index contributed by atoms with van der Waals surface area (Å²) in [7, 11) is 0. The van der Waals surface area contributed by atoms with Gasteiger partial charge in [0.05, 0.1) is 0 Å². The molecule has 0 aliphatic rings. The number of hydrogen-bond donors (Lipinski definition) is 3. The predicted molar refractivity (Wildman–Crippen MR) is 131 cm³/mol. The van der Waals surface area contributed by atoms with Crippen molar-refractivity contribution in [1.29, 1.82) is 0 Å². The van der Waals surface area contributed by atoms with Crippen LogP contribution in [0.2, 0.25) is 0 Å². The minimum atomic E-state index is -0.793. The molecule has 0 aliphatic heterocycles. The van der Waals surface area contributed by atoms with Crippen molar-refractivity contribution in [2.75, 3.05) is 5.32 Å². The molecule has 33 heavy (non-hydrogen) atoms. The third kappa shape index (κ3) is 10.1. The number of esters is 1. The molecule has 0 radical (unpaired) electrons. The molecule has 0 saturated carbocycles. The standard InChI is InChI=1S/C25H42N3O5/c1-15(2)12-21(24(30)33-25(7,8)9)27-23(29)18-10-11-20(19(13-18)14-28(31)32)26-22(16(3)4)17(5)6/h10-11,13,15-17,21-22,26,31H,12,14H2,1-9H3,(H,27,29)/q-1/t21-/m0/s1. The van der Waals surface area contributed by atoms with Crippen molar-refractivity contribution < 1.29 is 19.5 Å². The average molecular weight is 465 g/mol. The minimum absolute atomic E-state index is 0.143. The van der Waals surface area contributed by atoms with Crippen molar-refractivity contribution in [1.82, 2.24) is 10.5 Å². The Kier molecular flexibility index (Phi) is 10.8. The minimum Gasteiger partial charge on any atom is -0.762 e. The first kappa shape index (κ1) is 28.9. The lowest BCUT2D eigenvalue weighted by Gasteiger charge is -2.30. The number of hydrogen-bond acceptors (Lipinski definition) is 7. The third-order valence-electron chi connectivity index (χ3n) is 5.14. The maximum atomic E-state index is 13.0. The number of hydroxylamine groups is 2. The molecular weight excluding hydrogens is 422 g/mol. The van der Waals surface area contributed by atoms with Gasteiger partial charge in [0.2, 0.25) is 0 Å². The van der Waals surface area contributed by atoms with E-state index in [1.807, 2.05) is 13.8 Å². The first-order valence-electron chi connectivity index (χ1n) is 11.7. The molecule has 0 bridgehead atoms. The van der Waals surface area contributed by atoms with Crippen molar-refractivity contribution in [2.45, 2.75) is 93.0 Å². The molecule has 1 rings (SSSR count). The van der Waals surface area contributed by atoms with Crippen LogP contribution in [0, 0.1) is 23.0 Å². The summed E-state index contributed by atoms with van der Waals surface area (Å²) in [5.41, 5.74) is 0.795. The molecule has 3 N–H and O–H groups in total. The van der Waals surface area contributed by atoms with Gasteiger partial charge in [-0.2, -0.15) is 0 Å². The summed E-state index contributed by atoms with van der Waals surface area (Å²) in [6.07, 6.45) is 0.433. The molecule has 1 aromatic rings. The SMILES string of the molecule is CC(C)C[C@H](NC(=O)c1ccc(NC(C(C)C)C(C)C)c(CN([O-])O)c1)C(=O)OC(C)(C)C. The van der Waals surface area contributed by atoms with Gasteiger partial charge in [-0.15, -0.1) is 0 Å². The summed E-state index contributed by atoms with van der Waals surface area (Å²) in [6.45, 7) is 17.4. The number of amides is 1. The second kappa shape index (κ2) is 12.3. The van der Waals surface area contributed by atoms with Gasteiger partial charge in [-0.1, -0.05) is 41.5 Å². The molecule has 1 aromatic carbocycles. The fourth-order valence-corrected chi connectivity index (χ4v) is 3.73. The zero-order valence-electron chi connectivity index (χ0n) is 21.6. The van der Waals surface area contributed by atoms with Crippen LogP contribution >= 0.6 is 0 Å². The molecule has 1 atom stereocenters. The topological polar surface area (TPSA) is 114 Å². The van der Waals surface area contributed by atoms with Crippen molar-refractivity contribution >= 4 is 17.6 Å². The molecule has 0 aliphatic carbocycles. The Labute approximate surface area is 198 Å². The highest BCUT2D eigenvalue weighted by atomic mass is 16.8. The molecule has 0 heterocycles. The lowest BCUT2D eigenvalue weighted by Crippen LogP contribution is -2.45. The zero-order valence-corrected chi connectivity index (χ0v) is 21.6. The van der Waals surface area contributed by atoms with Crippen LogP contribution in [-0.2, 0) is 16.1 Å². The fraction of sp³-hybridized carbons (Fsp3) is 0.680. The second-order valence-corrected chi connectivity index (χ2v) is 10.7. The predicted octanol–water partition coefficient (Wildman–Crippen LogP) is 4.95. The number of nitrogens with zero attached hydrogens (tertiary/aromatic N) is 1. The fourth-order valence-electron chi connectivity index (χ4n) is 3.73. The highest BCUT2D eigenvalue weighted by Gasteiger charge is 2.28. The highest BCUT2D eigenvalue weighted by molar-refractivity contribution is 5.97. The quantitative estimate of drug-likeness (QED) is 0.313. The monoisotopic (exact) mass is 464 g/mol. The summed E-state index contributed by atoms with van der Waals surface area (Å²) in [6, 6.07) is 4.30. The summed E-state index contributed by atoms with van der Waals surface area (Å²) >= 11 is 0. The van der Waals surface area contributed by atoms with E-state index in [1.54, 1.807) is 39.0 Å². The van der Waals surface area contributed by atoms with Gasteiger partial charge in [0, 0.05) is 23.8 Å². The first-order chi connectivity index (χ1) is 15.1. The molecule has 8 nitrogen and oxygen atoms in total. The van der Waals surface area contributed by atoms with Crippen molar-refractivity contribution in [3.8, 4) is 0 Å². The van der Waals surface area contributed by atoms with E-state index < -0.39 is 23.5 Å². The van der Waals surface area contributed by atoms with Gasteiger partial charge in [-0.05, 0) is 68.7 Å². The van der Waals surface area contributed by atoms with E-state index in [-0.39, 0.29) is 23.7 Å². The van der Waals surface area contributed by atoms with Gasteiger partial charge in [0.25, 0.3) is 5.91 Å². The van der Waals surface area contributed by atoms with Gasteiger partial charge in [-0.3, -0.25) is 10.0 Å². The molecule has 1 amide bonds. The molecule has 0 fully saturated rings. The van der Waals surface area contributed by atoms with E-state index in [0.717, 1.165) is 0 Å². The van der Waals surface area contributed by atoms with Gasteiger partial charge in [0.15, 0.2) is 0 Å². The van der Waals surface area contributed by atoms with Crippen LogP contribution in [0.3, 0.4) is 0 Å². The Morgan fingerprint density at radius 3 is 2.12 bits per heavy atom. The second-order valence-electron chi connectivity index (χ2n) is 10.7. The number of ether oxygens (including phenoxy) is 1. The largest absolute Gasteiger partial charge is 0.762 e. The average Bonchev–Trinajstić information content (AvgIpc) is 2.63. The number of carbonyl (C=O) groups excluding carboxylic acids is 2. The van der Waals surface area contributed by atoms with E-state index in [1.165, 1.54) is 0 Å². The summed E-state index contributed by atoms with van der Waals surface area (Å²) in [4.78, 5) is 25.6. The Hall–Kier alpha value is -2.16. The Morgan fingerprint density at radius 1 is 1.09 bits per heavy atom.